The zero-order valence-electron chi connectivity index (χ0n) is 12.9. The Hall–Kier alpha value is -2.53. The molecule has 5 heteroatoms. The van der Waals surface area contributed by atoms with Crippen LogP contribution in [0.4, 0.5) is 5.69 Å². The lowest BCUT2D eigenvalue weighted by atomic mass is 9.85. The Morgan fingerprint density at radius 2 is 1.91 bits per heavy atom. The largest absolute Gasteiger partial charge is 0.497 e. The van der Waals surface area contributed by atoms with Crippen molar-refractivity contribution < 1.29 is 19.4 Å². The Morgan fingerprint density at radius 1 is 1.17 bits per heavy atom. The molecule has 5 nitrogen and oxygen atoms in total. The fraction of sp³-hybridized carbons (Fsp3) is 0.278. The molecule has 0 fully saturated rings. The van der Waals surface area contributed by atoms with Crippen LogP contribution in [0, 0.1) is 0 Å². The van der Waals surface area contributed by atoms with Crippen LogP contribution in [-0.4, -0.2) is 31.3 Å². The number of hydrogen-bond acceptors (Lipinski definition) is 4. The fourth-order valence-electron chi connectivity index (χ4n) is 2.83. The number of benzene rings is 2. The molecule has 2 N–H and O–H groups in total. The van der Waals surface area contributed by atoms with E-state index in [1.165, 1.54) is 0 Å². The van der Waals surface area contributed by atoms with Crippen molar-refractivity contribution in [3.05, 3.63) is 53.6 Å². The summed E-state index contributed by atoms with van der Waals surface area (Å²) in [5.41, 5.74) is 2.93. The number of rotatable bonds is 5. The second-order valence-corrected chi connectivity index (χ2v) is 5.40. The number of amides is 1. The predicted octanol–water partition coefficient (Wildman–Crippen LogP) is 2.54. The number of nitrogens with one attached hydrogen (secondary N) is 1. The van der Waals surface area contributed by atoms with Crippen LogP contribution in [0.1, 0.15) is 23.5 Å². The quantitative estimate of drug-likeness (QED) is 0.890. The zero-order valence-corrected chi connectivity index (χ0v) is 12.9. The van der Waals surface area contributed by atoms with Gasteiger partial charge in [0.1, 0.15) is 18.1 Å². The summed E-state index contributed by atoms with van der Waals surface area (Å²) >= 11 is 0. The first kappa shape index (κ1) is 15.4. The molecule has 0 spiro atoms. The van der Waals surface area contributed by atoms with Gasteiger partial charge in [-0.15, -0.1) is 0 Å². The Kier molecular flexibility index (Phi) is 4.48. The van der Waals surface area contributed by atoms with Crippen LogP contribution in [0.5, 0.6) is 11.5 Å². The van der Waals surface area contributed by atoms with Crippen LogP contribution in [0.25, 0.3) is 0 Å². The average Bonchev–Trinajstić information content (AvgIpc) is 2.59. The lowest BCUT2D eigenvalue weighted by molar-refractivity contribution is -0.116. The van der Waals surface area contributed by atoms with E-state index in [0.29, 0.717) is 12.2 Å². The first-order valence-corrected chi connectivity index (χ1v) is 7.52. The summed E-state index contributed by atoms with van der Waals surface area (Å²) in [4.78, 5) is 12.0. The lowest BCUT2D eigenvalue weighted by Crippen LogP contribution is -2.23. The topological polar surface area (TPSA) is 67.8 Å². The number of aliphatic hydroxyl groups is 1. The Bertz CT molecular complexity index is 697. The molecule has 3 rings (SSSR count). The van der Waals surface area contributed by atoms with E-state index in [1.807, 2.05) is 42.5 Å². The standard InChI is InChI=1S/C18H19NO4/c1-22-14-6-7-15-16(11-18(21)19-17(15)10-14)12-2-4-13(5-3-12)23-9-8-20/h2-7,10,16,20H,8-9,11H2,1H3,(H,19,21). The molecule has 2 aromatic carbocycles. The summed E-state index contributed by atoms with van der Waals surface area (Å²) < 4.78 is 10.6. The van der Waals surface area contributed by atoms with Gasteiger partial charge >= 0.3 is 0 Å². The highest BCUT2D eigenvalue weighted by atomic mass is 16.5. The van der Waals surface area contributed by atoms with E-state index in [4.69, 9.17) is 14.6 Å². The van der Waals surface area contributed by atoms with Crippen molar-refractivity contribution in [2.24, 2.45) is 0 Å². The normalized spacial score (nSPS) is 16.4. The van der Waals surface area contributed by atoms with E-state index >= 15 is 0 Å². The molecule has 23 heavy (non-hydrogen) atoms. The van der Waals surface area contributed by atoms with E-state index in [0.717, 1.165) is 22.6 Å². The molecule has 0 radical (unpaired) electrons. The number of methoxy groups -OCH3 is 1. The number of carbonyl (C=O) groups is 1. The van der Waals surface area contributed by atoms with Crippen molar-refractivity contribution in [2.45, 2.75) is 12.3 Å². The molecule has 1 aliphatic heterocycles. The molecule has 1 amide bonds. The monoisotopic (exact) mass is 313 g/mol. The minimum absolute atomic E-state index is 0.00337. The SMILES string of the molecule is COc1ccc2c(c1)NC(=O)CC2c1ccc(OCCO)cc1. The predicted molar refractivity (Wildman–Crippen MR) is 87.1 cm³/mol. The second-order valence-electron chi connectivity index (χ2n) is 5.40. The number of hydrogen-bond donors (Lipinski definition) is 2. The molecule has 1 unspecified atom stereocenters. The summed E-state index contributed by atoms with van der Waals surface area (Å²) in [5, 5.41) is 11.7. The molecule has 0 bridgehead atoms. The lowest BCUT2D eigenvalue weighted by Gasteiger charge is -2.26. The Balaban J connectivity index is 1.89. The number of fused-ring (bicyclic) bond motifs is 1. The maximum atomic E-state index is 12.0. The molecule has 120 valence electrons. The van der Waals surface area contributed by atoms with Crippen LogP contribution in [0.3, 0.4) is 0 Å². The maximum absolute atomic E-state index is 12.0. The minimum Gasteiger partial charge on any atom is -0.497 e. The molecular weight excluding hydrogens is 294 g/mol. The van der Waals surface area contributed by atoms with E-state index in [-0.39, 0.29) is 25.0 Å². The minimum atomic E-state index is -0.0141. The van der Waals surface area contributed by atoms with Crippen LogP contribution in [0.15, 0.2) is 42.5 Å². The first-order valence-electron chi connectivity index (χ1n) is 7.52. The summed E-state index contributed by atoms with van der Waals surface area (Å²) in [6, 6.07) is 13.4. The average molecular weight is 313 g/mol. The van der Waals surface area contributed by atoms with Gasteiger partial charge in [0.2, 0.25) is 5.91 Å². The third kappa shape index (κ3) is 3.29. The van der Waals surface area contributed by atoms with E-state index in [1.54, 1.807) is 7.11 Å². The molecule has 2 aromatic rings. The van der Waals surface area contributed by atoms with Crippen molar-refractivity contribution in [3.8, 4) is 11.5 Å². The molecule has 1 atom stereocenters. The van der Waals surface area contributed by atoms with Crippen molar-refractivity contribution in [2.75, 3.05) is 25.6 Å². The smallest absolute Gasteiger partial charge is 0.225 e. The van der Waals surface area contributed by atoms with E-state index < -0.39 is 0 Å². The highest BCUT2D eigenvalue weighted by Crippen LogP contribution is 2.39. The van der Waals surface area contributed by atoms with Crippen LogP contribution in [0.2, 0.25) is 0 Å². The second kappa shape index (κ2) is 6.71. The fourth-order valence-corrected chi connectivity index (χ4v) is 2.83. The number of anilines is 1. The van der Waals surface area contributed by atoms with Crippen molar-refractivity contribution >= 4 is 11.6 Å². The van der Waals surface area contributed by atoms with E-state index in [9.17, 15) is 4.79 Å². The van der Waals surface area contributed by atoms with Gasteiger partial charge in [0.15, 0.2) is 0 Å². The molecule has 1 aliphatic rings. The van der Waals surface area contributed by atoms with Gasteiger partial charge in [-0.3, -0.25) is 4.79 Å². The van der Waals surface area contributed by atoms with Gasteiger partial charge in [-0.05, 0) is 29.3 Å². The summed E-state index contributed by atoms with van der Waals surface area (Å²) in [6.07, 6.45) is 0.413. The maximum Gasteiger partial charge on any atom is 0.225 e. The van der Waals surface area contributed by atoms with Crippen LogP contribution < -0.4 is 14.8 Å². The van der Waals surface area contributed by atoms with Gasteiger partial charge in [0.25, 0.3) is 0 Å². The Morgan fingerprint density at radius 3 is 2.61 bits per heavy atom. The van der Waals surface area contributed by atoms with Crippen molar-refractivity contribution in [3.63, 3.8) is 0 Å². The summed E-state index contributed by atoms with van der Waals surface area (Å²) in [7, 11) is 1.61. The highest BCUT2D eigenvalue weighted by molar-refractivity contribution is 5.95. The third-order valence-corrected chi connectivity index (χ3v) is 3.94. The van der Waals surface area contributed by atoms with Gasteiger partial charge in [-0.1, -0.05) is 18.2 Å². The zero-order chi connectivity index (χ0) is 16.2. The summed E-state index contributed by atoms with van der Waals surface area (Å²) in [6.45, 7) is 0.258. The molecule has 0 aliphatic carbocycles. The molecule has 0 saturated heterocycles. The van der Waals surface area contributed by atoms with Gasteiger partial charge in [0.05, 0.1) is 13.7 Å². The summed E-state index contributed by atoms with van der Waals surface area (Å²) in [5.74, 6) is 1.43. The van der Waals surface area contributed by atoms with Gasteiger partial charge < -0.3 is 19.9 Å². The first-order chi connectivity index (χ1) is 11.2. The van der Waals surface area contributed by atoms with Crippen LogP contribution >= 0.6 is 0 Å². The van der Waals surface area contributed by atoms with Crippen LogP contribution in [-0.2, 0) is 4.79 Å². The molecule has 1 heterocycles. The van der Waals surface area contributed by atoms with Crippen molar-refractivity contribution in [1.29, 1.82) is 0 Å². The highest BCUT2D eigenvalue weighted by Gasteiger charge is 2.26. The van der Waals surface area contributed by atoms with Gasteiger partial charge in [-0.2, -0.15) is 0 Å². The Labute approximate surface area is 134 Å². The molecule has 0 saturated carbocycles. The molecule has 0 aromatic heterocycles. The van der Waals surface area contributed by atoms with Crippen molar-refractivity contribution in [1.82, 2.24) is 0 Å². The van der Waals surface area contributed by atoms with E-state index in [2.05, 4.69) is 5.32 Å². The van der Waals surface area contributed by atoms with Gasteiger partial charge in [0, 0.05) is 24.1 Å². The number of ether oxygens (including phenoxy) is 2. The van der Waals surface area contributed by atoms with Gasteiger partial charge in [-0.25, -0.2) is 0 Å². The number of carbonyl (C=O) groups excluding carboxylic acids is 1. The third-order valence-electron chi connectivity index (χ3n) is 3.94. The number of aliphatic hydroxyl groups excluding tert-OH is 1. The molecular formula is C18H19NO4.